The third-order valence-corrected chi connectivity index (χ3v) is 3.31. The van der Waals surface area contributed by atoms with E-state index in [4.69, 9.17) is 5.26 Å². The molecular formula is C14H18N2. The molecular weight excluding hydrogens is 196 g/mol. The van der Waals surface area contributed by atoms with Gasteiger partial charge in [0, 0.05) is 13.0 Å². The van der Waals surface area contributed by atoms with E-state index < -0.39 is 0 Å². The van der Waals surface area contributed by atoms with Crippen molar-refractivity contribution >= 4 is 0 Å². The molecule has 0 unspecified atom stereocenters. The van der Waals surface area contributed by atoms with Crippen LogP contribution >= 0.6 is 0 Å². The molecule has 0 amide bonds. The minimum absolute atomic E-state index is 0.687. The number of hydrogen-bond donors (Lipinski definition) is 0. The molecule has 0 saturated carbocycles. The molecule has 0 radical (unpaired) electrons. The third kappa shape index (κ3) is 2.84. The van der Waals surface area contributed by atoms with Gasteiger partial charge in [-0.15, -0.1) is 0 Å². The van der Waals surface area contributed by atoms with Crippen molar-refractivity contribution in [1.29, 1.82) is 5.26 Å². The SMILES string of the molecule is N#CCCCN1CC[C@@H](c2ccccc2)C1. The summed E-state index contributed by atoms with van der Waals surface area (Å²) in [4.78, 5) is 2.48. The van der Waals surface area contributed by atoms with Crippen LogP contribution < -0.4 is 0 Å². The van der Waals surface area contributed by atoms with Gasteiger partial charge in [-0.1, -0.05) is 30.3 Å². The van der Waals surface area contributed by atoms with Gasteiger partial charge in [0.05, 0.1) is 6.07 Å². The number of rotatable bonds is 4. The van der Waals surface area contributed by atoms with E-state index in [0.717, 1.165) is 19.5 Å². The van der Waals surface area contributed by atoms with Crippen LogP contribution in [0.1, 0.15) is 30.7 Å². The fourth-order valence-electron chi connectivity index (χ4n) is 2.41. The van der Waals surface area contributed by atoms with Crippen molar-refractivity contribution < 1.29 is 0 Å². The van der Waals surface area contributed by atoms with Crippen molar-refractivity contribution in [1.82, 2.24) is 4.90 Å². The minimum Gasteiger partial charge on any atom is -0.303 e. The lowest BCUT2D eigenvalue weighted by atomic mass is 9.99. The second-order valence-electron chi connectivity index (χ2n) is 4.46. The lowest BCUT2D eigenvalue weighted by Gasteiger charge is -2.15. The Balaban J connectivity index is 1.82. The van der Waals surface area contributed by atoms with E-state index in [1.165, 1.54) is 18.5 Å². The number of hydrogen-bond acceptors (Lipinski definition) is 2. The molecule has 0 aromatic heterocycles. The van der Waals surface area contributed by atoms with Crippen LogP contribution in [0, 0.1) is 11.3 Å². The van der Waals surface area contributed by atoms with Crippen LogP contribution in [0.5, 0.6) is 0 Å². The Morgan fingerprint density at radius 1 is 1.31 bits per heavy atom. The predicted octanol–water partition coefficient (Wildman–Crippen LogP) is 2.78. The number of unbranched alkanes of at least 4 members (excludes halogenated alkanes) is 1. The Kier molecular flexibility index (Phi) is 3.96. The van der Waals surface area contributed by atoms with Crippen LogP contribution in [0.3, 0.4) is 0 Å². The van der Waals surface area contributed by atoms with E-state index in [-0.39, 0.29) is 0 Å². The first-order valence-electron chi connectivity index (χ1n) is 6.04. The molecule has 84 valence electrons. The van der Waals surface area contributed by atoms with E-state index >= 15 is 0 Å². The van der Waals surface area contributed by atoms with Crippen molar-refractivity contribution in [2.45, 2.75) is 25.2 Å². The van der Waals surface area contributed by atoms with Gasteiger partial charge in [-0.05, 0) is 37.4 Å². The Morgan fingerprint density at radius 3 is 2.88 bits per heavy atom. The molecule has 0 N–H and O–H groups in total. The summed E-state index contributed by atoms with van der Waals surface area (Å²) in [5.41, 5.74) is 1.46. The molecule has 1 aliphatic heterocycles. The van der Waals surface area contributed by atoms with Crippen molar-refractivity contribution in [3.8, 4) is 6.07 Å². The second-order valence-corrected chi connectivity index (χ2v) is 4.46. The molecule has 2 nitrogen and oxygen atoms in total. The zero-order chi connectivity index (χ0) is 11.2. The van der Waals surface area contributed by atoms with Crippen molar-refractivity contribution in [3.63, 3.8) is 0 Å². The Hall–Kier alpha value is -1.33. The van der Waals surface area contributed by atoms with Crippen molar-refractivity contribution in [2.24, 2.45) is 0 Å². The minimum atomic E-state index is 0.687. The molecule has 1 aromatic rings. The average molecular weight is 214 g/mol. The van der Waals surface area contributed by atoms with Gasteiger partial charge in [0.1, 0.15) is 0 Å². The summed E-state index contributed by atoms with van der Waals surface area (Å²) in [5.74, 6) is 0.697. The van der Waals surface area contributed by atoms with E-state index in [2.05, 4.69) is 41.3 Å². The lowest BCUT2D eigenvalue weighted by molar-refractivity contribution is 0.331. The molecule has 1 fully saturated rings. The molecule has 1 saturated heterocycles. The number of nitriles is 1. The summed E-state index contributed by atoms with van der Waals surface area (Å²) in [6, 6.07) is 13.0. The summed E-state index contributed by atoms with van der Waals surface area (Å²) in [7, 11) is 0. The maximum atomic E-state index is 8.50. The lowest BCUT2D eigenvalue weighted by Crippen LogP contribution is -2.21. The maximum absolute atomic E-state index is 8.50. The highest BCUT2D eigenvalue weighted by Crippen LogP contribution is 2.26. The van der Waals surface area contributed by atoms with Crippen molar-refractivity contribution in [3.05, 3.63) is 35.9 Å². The molecule has 0 aliphatic carbocycles. The highest BCUT2D eigenvalue weighted by molar-refractivity contribution is 5.20. The molecule has 1 aliphatic rings. The van der Waals surface area contributed by atoms with Crippen molar-refractivity contribution in [2.75, 3.05) is 19.6 Å². The Bertz CT molecular complexity index is 353. The molecule has 16 heavy (non-hydrogen) atoms. The average Bonchev–Trinajstić information content (AvgIpc) is 2.79. The van der Waals surface area contributed by atoms with Gasteiger partial charge in [-0.3, -0.25) is 0 Å². The fraction of sp³-hybridized carbons (Fsp3) is 0.500. The van der Waals surface area contributed by atoms with Crippen LogP contribution in [0.4, 0.5) is 0 Å². The van der Waals surface area contributed by atoms with E-state index in [1.54, 1.807) is 0 Å². The molecule has 1 aromatic carbocycles. The zero-order valence-corrected chi connectivity index (χ0v) is 9.60. The van der Waals surface area contributed by atoms with E-state index in [0.29, 0.717) is 12.3 Å². The van der Waals surface area contributed by atoms with Gasteiger partial charge in [0.2, 0.25) is 0 Å². The smallest absolute Gasteiger partial charge is 0.0622 e. The molecule has 1 heterocycles. The first-order valence-corrected chi connectivity index (χ1v) is 6.04. The second kappa shape index (κ2) is 5.67. The van der Waals surface area contributed by atoms with Gasteiger partial charge < -0.3 is 4.90 Å². The summed E-state index contributed by atoms with van der Waals surface area (Å²) in [6.45, 7) is 3.43. The number of benzene rings is 1. The topological polar surface area (TPSA) is 27.0 Å². The van der Waals surface area contributed by atoms with E-state index in [1.807, 2.05) is 0 Å². The molecule has 0 spiro atoms. The molecule has 2 rings (SSSR count). The van der Waals surface area contributed by atoms with Gasteiger partial charge >= 0.3 is 0 Å². The van der Waals surface area contributed by atoms with Gasteiger partial charge in [0.15, 0.2) is 0 Å². The fourth-order valence-corrected chi connectivity index (χ4v) is 2.41. The summed E-state index contributed by atoms with van der Waals surface area (Å²) in [6.07, 6.45) is 2.96. The zero-order valence-electron chi connectivity index (χ0n) is 9.60. The van der Waals surface area contributed by atoms with Gasteiger partial charge in [-0.2, -0.15) is 5.26 Å². The standard InChI is InChI=1S/C14H18N2/c15-9-4-5-10-16-11-8-14(12-16)13-6-2-1-3-7-13/h1-3,6-7,14H,4-5,8,10-12H2/t14-/m1/s1. The van der Waals surface area contributed by atoms with Gasteiger partial charge in [0.25, 0.3) is 0 Å². The van der Waals surface area contributed by atoms with Crippen LogP contribution in [-0.4, -0.2) is 24.5 Å². The highest BCUT2D eigenvalue weighted by atomic mass is 15.1. The van der Waals surface area contributed by atoms with Crippen LogP contribution in [-0.2, 0) is 0 Å². The highest BCUT2D eigenvalue weighted by Gasteiger charge is 2.22. The monoisotopic (exact) mass is 214 g/mol. The molecule has 0 bridgehead atoms. The van der Waals surface area contributed by atoms with E-state index in [9.17, 15) is 0 Å². The largest absolute Gasteiger partial charge is 0.303 e. The number of nitrogens with zero attached hydrogens (tertiary/aromatic N) is 2. The number of likely N-dealkylation sites (tertiary alicyclic amines) is 1. The summed E-state index contributed by atoms with van der Waals surface area (Å²) >= 11 is 0. The molecule has 1 atom stereocenters. The summed E-state index contributed by atoms with van der Waals surface area (Å²) < 4.78 is 0. The van der Waals surface area contributed by atoms with Crippen LogP contribution in [0.2, 0.25) is 0 Å². The van der Waals surface area contributed by atoms with Crippen LogP contribution in [0.25, 0.3) is 0 Å². The third-order valence-electron chi connectivity index (χ3n) is 3.31. The van der Waals surface area contributed by atoms with Gasteiger partial charge in [-0.25, -0.2) is 0 Å². The quantitative estimate of drug-likeness (QED) is 0.721. The normalized spacial score (nSPS) is 20.8. The maximum Gasteiger partial charge on any atom is 0.0622 e. The first-order chi connectivity index (χ1) is 7.90. The van der Waals surface area contributed by atoms with Crippen LogP contribution in [0.15, 0.2) is 30.3 Å². The summed E-state index contributed by atoms with van der Waals surface area (Å²) in [5, 5.41) is 8.50. The first kappa shape index (κ1) is 11.2. The Labute approximate surface area is 97.5 Å². The predicted molar refractivity (Wildman–Crippen MR) is 65.1 cm³/mol. The Morgan fingerprint density at radius 2 is 2.12 bits per heavy atom. The molecule has 2 heteroatoms.